The summed E-state index contributed by atoms with van der Waals surface area (Å²) in [5.74, 6) is 0. The standard InChI is InChI=1S/C14H23N3O/c1-18-10-9-16-5-7-17(8-6-16)12-13-3-2-4-14(15)11-13/h2-4,11H,5-10,12,15H2,1H3. The van der Waals surface area contributed by atoms with Gasteiger partial charge in [0, 0.05) is 52.1 Å². The zero-order chi connectivity index (χ0) is 12.8. The van der Waals surface area contributed by atoms with Crippen molar-refractivity contribution in [2.24, 2.45) is 0 Å². The number of nitrogen functional groups attached to an aromatic ring is 1. The Morgan fingerprint density at radius 3 is 2.56 bits per heavy atom. The largest absolute Gasteiger partial charge is 0.399 e. The molecular weight excluding hydrogens is 226 g/mol. The molecule has 1 aromatic rings. The smallest absolute Gasteiger partial charge is 0.0589 e. The van der Waals surface area contributed by atoms with Gasteiger partial charge in [-0.2, -0.15) is 0 Å². The average molecular weight is 249 g/mol. The predicted molar refractivity (Wildman–Crippen MR) is 74.4 cm³/mol. The Balaban J connectivity index is 1.76. The van der Waals surface area contributed by atoms with Gasteiger partial charge in [-0.05, 0) is 17.7 Å². The molecule has 0 amide bonds. The molecule has 2 rings (SSSR count). The molecule has 0 unspecified atom stereocenters. The van der Waals surface area contributed by atoms with E-state index >= 15 is 0 Å². The maximum absolute atomic E-state index is 5.80. The molecule has 1 aliphatic heterocycles. The van der Waals surface area contributed by atoms with Crippen LogP contribution in [0.2, 0.25) is 0 Å². The number of nitrogens with two attached hydrogens (primary N) is 1. The van der Waals surface area contributed by atoms with E-state index in [-0.39, 0.29) is 0 Å². The molecular formula is C14H23N3O. The van der Waals surface area contributed by atoms with Gasteiger partial charge in [0.15, 0.2) is 0 Å². The van der Waals surface area contributed by atoms with Gasteiger partial charge in [0.05, 0.1) is 6.61 Å². The Morgan fingerprint density at radius 1 is 1.17 bits per heavy atom. The summed E-state index contributed by atoms with van der Waals surface area (Å²) in [6, 6.07) is 8.18. The van der Waals surface area contributed by atoms with E-state index in [4.69, 9.17) is 10.5 Å². The molecule has 100 valence electrons. The first-order valence-corrected chi connectivity index (χ1v) is 6.56. The summed E-state index contributed by atoms with van der Waals surface area (Å²) >= 11 is 0. The molecule has 1 aromatic carbocycles. The zero-order valence-corrected chi connectivity index (χ0v) is 11.1. The molecule has 4 nitrogen and oxygen atoms in total. The predicted octanol–water partition coefficient (Wildman–Crippen LogP) is 1.03. The molecule has 1 fully saturated rings. The summed E-state index contributed by atoms with van der Waals surface area (Å²) in [4.78, 5) is 4.94. The van der Waals surface area contributed by atoms with Crippen LogP contribution in [0.4, 0.5) is 5.69 Å². The second kappa shape index (κ2) is 6.73. The van der Waals surface area contributed by atoms with Gasteiger partial charge in [-0.15, -0.1) is 0 Å². The molecule has 0 spiro atoms. The molecule has 0 aromatic heterocycles. The molecule has 0 atom stereocenters. The van der Waals surface area contributed by atoms with Crippen LogP contribution in [0.3, 0.4) is 0 Å². The maximum atomic E-state index is 5.80. The number of nitrogens with zero attached hydrogens (tertiary/aromatic N) is 2. The first-order valence-electron chi connectivity index (χ1n) is 6.56. The van der Waals surface area contributed by atoms with Crippen molar-refractivity contribution in [1.82, 2.24) is 9.80 Å². The highest BCUT2D eigenvalue weighted by atomic mass is 16.5. The molecule has 0 radical (unpaired) electrons. The summed E-state index contributed by atoms with van der Waals surface area (Å²) in [7, 11) is 1.76. The van der Waals surface area contributed by atoms with Crippen LogP contribution in [0.15, 0.2) is 24.3 Å². The third-order valence-corrected chi connectivity index (χ3v) is 3.43. The molecule has 0 saturated carbocycles. The van der Waals surface area contributed by atoms with Crippen molar-refractivity contribution >= 4 is 5.69 Å². The zero-order valence-electron chi connectivity index (χ0n) is 11.1. The first-order chi connectivity index (χ1) is 8.78. The van der Waals surface area contributed by atoms with Crippen LogP contribution in [0.1, 0.15) is 5.56 Å². The SMILES string of the molecule is COCCN1CCN(Cc2cccc(N)c2)CC1. The number of rotatable bonds is 5. The minimum Gasteiger partial charge on any atom is -0.399 e. The topological polar surface area (TPSA) is 41.7 Å². The highest BCUT2D eigenvalue weighted by molar-refractivity contribution is 5.40. The number of methoxy groups -OCH3 is 1. The number of hydrogen-bond donors (Lipinski definition) is 1. The molecule has 1 heterocycles. The average Bonchev–Trinajstić information content (AvgIpc) is 2.38. The highest BCUT2D eigenvalue weighted by Gasteiger charge is 2.16. The molecule has 18 heavy (non-hydrogen) atoms. The van der Waals surface area contributed by atoms with Crippen molar-refractivity contribution in [2.45, 2.75) is 6.54 Å². The number of benzene rings is 1. The van der Waals surface area contributed by atoms with Crippen molar-refractivity contribution in [1.29, 1.82) is 0 Å². The van der Waals surface area contributed by atoms with E-state index < -0.39 is 0 Å². The van der Waals surface area contributed by atoms with Crippen molar-refractivity contribution in [3.8, 4) is 0 Å². The van der Waals surface area contributed by atoms with Crippen molar-refractivity contribution in [3.63, 3.8) is 0 Å². The Labute approximate surface area is 109 Å². The fourth-order valence-corrected chi connectivity index (χ4v) is 2.34. The van der Waals surface area contributed by atoms with E-state index in [2.05, 4.69) is 21.9 Å². The van der Waals surface area contributed by atoms with Crippen molar-refractivity contribution in [2.75, 3.05) is 52.2 Å². The van der Waals surface area contributed by atoms with E-state index in [1.54, 1.807) is 7.11 Å². The molecule has 1 aliphatic rings. The monoisotopic (exact) mass is 249 g/mol. The van der Waals surface area contributed by atoms with Crippen LogP contribution < -0.4 is 5.73 Å². The lowest BCUT2D eigenvalue weighted by atomic mass is 10.2. The minimum absolute atomic E-state index is 0.829. The quantitative estimate of drug-likeness (QED) is 0.792. The Morgan fingerprint density at radius 2 is 1.89 bits per heavy atom. The van der Waals surface area contributed by atoms with Gasteiger partial charge in [-0.1, -0.05) is 12.1 Å². The summed E-state index contributed by atoms with van der Waals surface area (Å²) in [5.41, 5.74) is 7.96. The number of piperazine rings is 1. The maximum Gasteiger partial charge on any atom is 0.0589 e. The number of anilines is 1. The van der Waals surface area contributed by atoms with E-state index in [1.807, 2.05) is 12.1 Å². The van der Waals surface area contributed by atoms with E-state index in [0.29, 0.717) is 0 Å². The van der Waals surface area contributed by atoms with Crippen LogP contribution in [-0.4, -0.2) is 56.2 Å². The first kappa shape index (κ1) is 13.3. The summed E-state index contributed by atoms with van der Waals surface area (Å²) in [6.45, 7) is 7.38. The lowest BCUT2D eigenvalue weighted by molar-refractivity contribution is 0.0938. The van der Waals surface area contributed by atoms with Crippen molar-refractivity contribution < 1.29 is 4.74 Å². The summed E-state index contributed by atoms with van der Waals surface area (Å²) in [6.07, 6.45) is 0. The second-order valence-electron chi connectivity index (χ2n) is 4.86. The van der Waals surface area contributed by atoms with Crippen LogP contribution in [-0.2, 0) is 11.3 Å². The second-order valence-corrected chi connectivity index (χ2v) is 4.86. The summed E-state index contributed by atoms with van der Waals surface area (Å²) < 4.78 is 5.11. The molecule has 0 bridgehead atoms. The van der Waals surface area contributed by atoms with E-state index in [0.717, 1.165) is 51.6 Å². The van der Waals surface area contributed by atoms with E-state index in [9.17, 15) is 0 Å². The summed E-state index contributed by atoms with van der Waals surface area (Å²) in [5, 5.41) is 0. The highest BCUT2D eigenvalue weighted by Crippen LogP contribution is 2.11. The minimum atomic E-state index is 0.829. The number of ether oxygens (including phenoxy) is 1. The molecule has 4 heteroatoms. The lowest BCUT2D eigenvalue weighted by Gasteiger charge is -2.34. The van der Waals surface area contributed by atoms with Gasteiger partial charge >= 0.3 is 0 Å². The van der Waals surface area contributed by atoms with Crippen molar-refractivity contribution in [3.05, 3.63) is 29.8 Å². The lowest BCUT2D eigenvalue weighted by Crippen LogP contribution is -2.46. The molecule has 2 N–H and O–H groups in total. The normalized spacial score (nSPS) is 18.1. The van der Waals surface area contributed by atoms with Crippen LogP contribution >= 0.6 is 0 Å². The van der Waals surface area contributed by atoms with E-state index in [1.165, 1.54) is 5.56 Å². The Hall–Kier alpha value is -1.10. The fraction of sp³-hybridized carbons (Fsp3) is 0.571. The van der Waals surface area contributed by atoms with Gasteiger partial charge in [0.25, 0.3) is 0 Å². The third-order valence-electron chi connectivity index (χ3n) is 3.43. The third kappa shape index (κ3) is 3.98. The van der Waals surface area contributed by atoms with Gasteiger partial charge in [-0.25, -0.2) is 0 Å². The van der Waals surface area contributed by atoms with Gasteiger partial charge in [-0.3, -0.25) is 9.80 Å². The van der Waals surface area contributed by atoms with Gasteiger partial charge < -0.3 is 10.5 Å². The molecule has 0 aliphatic carbocycles. The van der Waals surface area contributed by atoms with Crippen LogP contribution in [0, 0.1) is 0 Å². The van der Waals surface area contributed by atoms with Crippen LogP contribution in [0.25, 0.3) is 0 Å². The Bertz CT molecular complexity index is 362. The number of hydrogen-bond acceptors (Lipinski definition) is 4. The molecule has 1 saturated heterocycles. The van der Waals surface area contributed by atoms with Crippen LogP contribution in [0.5, 0.6) is 0 Å². The fourth-order valence-electron chi connectivity index (χ4n) is 2.34. The Kier molecular flexibility index (Phi) is 4.99. The van der Waals surface area contributed by atoms with Gasteiger partial charge in [0.1, 0.15) is 0 Å². The van der Waals surface area contributed by atoms with Gasteiger partial charge in [0.2, 0.25) is 0 Å².